The molecule has 3 aromatic heterocycles. The number of piperidine rings is 1. The topological polar surface area (TPSA) is 63.1 Å². The van der Waals surface area contributed by atoms with Crippen molar-refractivity contribution in [1.29, 1.82) is 0 Å². The van der Waals surface area contributed by atoms with Crippen LogP contribution >= 0.6 is 11.3 Å². The summed E-state index contributed by atoms with van der Waals surface area (Å²) < 4.78 is 2.08. The Morgan fingerprint density at radius 3 is 2.88 bits per heavy atom. The highest BCUT2D eigenvalue weighted by Gasteiger charge is 2.28. The Labute approximate surface area is 156 Å². The second kappa shape index (κ2) is 7.17. The zero-order valence-electron chi connectivity index (χ0n) is 15.1. The second-order valence-corrected chi connectivity index (χ2v) is 7.83. The van der Waals surface area contributed by atoms with Gasteiger partial charge in [-0.2, -0.15) is 0 Å². The molecule has 1 aliphatic heterocycles. The molecule has 0 aromatic carbocycles. The van der Waals surface area contributed by atoms with Gasteiger partial charge in [-0.05, 0) is 43.5 Å². The van der Waals surface area contributed by atoms with E-state index in [1.165, 1.54) is 22.6 Å². The van der Waals surface area contributed by atoms with Crippen molar-refractivity contribution in [2.24, 2.45) is 7.05 Å². The van der Waals surface area contributed by atoms with Crippen LogP contribution in [0, 0.1) is 0 Å². The first-order valence-electron chi connectivity index (χ1n) is 8.94. The number of imidazole rings is 1. The number of carbonyl (C=O) groups is 1. The van der Waals surface area contributed by atoms with E-state index in [0.29, 0.717) is 5.92 Å². The number of hydrogen-bond donors (Lipinski definition) is 1. The van der Waals surface area contributed by atoms with Gasteiger partial charge in [-0.3, -0.25) is 9.69 Å². The molecular formula is C19H23N5OS. The van der Waals surface area contributed by atoms with E-state index in [9.17, 15) is 4.79 Å². The van der Waals surface area contributed by atoms with Gasteiger partial charge in [0, 0.05) is 38.4 Å². The lowest BCUT2D eigenvalue weighted by molar-refractivity contribution is 0.0965. The van der Waals surface area contributed by atoms with E-state index in [-0.39, 0.29) is 5.91 Å². The number of rotatable bonds is 4. The zero-order valence-corrected chi connectivity index (χ0v) is 15.9. The first-order valence-corrected chi connectivity index (χ1v) is 9.76. The average molecular weight is 369 g/mol. The van der Waals surface area contributed by atoms with Crippen LogP contribution in [-0.2, 0) is 13.6 Å². The average Bonchev–Trinajstić information content (AvgIpc) is 3.25. The fraction of sp³-hybridized carbons (Fsp3) is 0.421. The summed E-state index contributed by atoms with van der Waals surface area (Å²) in [5.41, 5.74) is 2.43. The van der Waals surface area contributed by atoms with E-state index in [0.717, 1.165) is 47.6 Å². The number of amides is 1. The van der Waals surface area contributed by atoms with Gasteiger partial charge in [0.25, 0.3) is 5.91 Å². The van der Waals surface area contributed by atoms with Gasteiger partial charge in [0.2, 0.25) is 0 Å². The molecule has 4 rings (SSSR count). The summed E-state index contributed by atoms with van der Waals surface area (Å²) in [6.45, 7) is 2.98. The monoisotopic (exact) mass is 369 g/mol. The maximum atomic E-state index is 12.4. The Hall–Kier alpha value is -2.25. The van der Waals surface area contributed by atoms with Crippen molar-refractivity contribution in [2.45, 2.75) is 25.3 Å². The predicted molar refractivity (Wildman–Crippen MR) is 103 cm³/mol. The number of aryl methyl sites for hydroxylation is 1. The maximum Gasteiger partial charge on any atom is 0.261 e. The van der Waals surface area contributed by atoms with E-state index in [1.54, 1.807) is 13.2 Å². The number of hydrogen-bond acceptors (Lipinski definition) is 5. The Balaban J connectivity index is 1.55. The fourth-order valence-corrected chi connectivity index (χ4v) is 4.96. The largest absolute Gasteiger partial charge is 0.354 e. The molecule has 0 radical (unpaired) electrons. The molecule has 0 aliphatic carbocycles. The summed E-state index contributed by atoms with van der Waals surface area (Å²) in [5.74, 6) is 0.406. The summed E-state index contributed by atoms with van der Waals surface area (Å²) in [6.07, 6.45) is 7.70. The van der Waals surface area contributed by atoms with Crippen LogP contribution in [0.4, 0.5) is 0 Å². The minimum Gasteiger partial charge on any atom is -0.354 e. The van der Waals surface area contributed by atoms with Crippen molar-refractivity contribution < 1.29 is 4.79 Å². The molecular weight excluding hydrogens is 346 g/mol. The maximum absolute atomic E-state index is 12.4. The summed E-state index contributed by atoms with van der Waals surface area (Å²) in [5, 5.41) is 3.93. The van der Waals surface area contributed by atoms with Crippen molar-refractivity contribution in [3.63, 3.8) is 0 Å². The lowest BCUT2D eigenvalue weighted by Gasteiger charge is -2.32. The number of carbonyl (C=O) groups excluding carboxylic acids is 1. The molecule has 0 atom stereocenters. The van der Waals surface area contributed by atoms with E-state index < -0.39 is 0 Å². The molecule has 0 unspecified atom stereocenters. The second-order valence-electron chi connectivity index (χ2n) is 6.83. The van der Waals surface area contributed by atoms with Gasteiger partial charge >= 0.3 is 0 Å². The number of pyridine rings is 1. The molecule has 7 heteroatoms. The van der Waals surface area contributed by atoms with Gasteiger partial charge < -0.3 is 9.88 Å². The molecule has 136 valence electrons. The van der Waals surface area contributed by atoms with Gasteiger partial charge in [0.15, 0.2) is 0 Å². The minimum atomic E-state index is 0.000291. The Morgan fingerprint density at radius 1 is 1.38 bits per heavy atom. The molecule has 0 bridgehead atoms. The normalized spacial score (nSPS) is 16.2. The van der Waals surface area contributed by atoms with Crippen LogP contribution in [0.3, 0.4) is 0 Å². The van der Waals surface area contributed by atoms with Gasteiger partial charge in [-0.15, -0.1) is 11.3 Å². The van der Waals surface area contributed by atoms with Crippen molar-refractivity contribution in [3.8, 4) is 0 Å². The molecule has 26 heavy (non-hydrogen) atoms. The van der Waals surface area contributed by atoms with Crippen LogP contribution in [-0.4, -0.2) is 45.5 Å². The highest BCUT2D eigenvalue weighted by molar-refractivity contribution is 7.20. The Bertz CT molecular complexity index is 923. The van der Waals surface area contributed by atoms with Crippen LogP contribution in [0.2, 0.25) is 0 Å². The quantitative estimate of drug-likeness (QED) is 0.768. The number of likely N-dealkylation sites (tertiary alicyclic amines) is 1. The third kappa shape index (κ3) is 3.12. The highest BCUT2D eigenvalue weighted by Crippen LogP contribution is 2.39. The lowest BCUT2D eigenvalue weighted by Crippen LogP contribution is -2.33. The van der Waals surface area contributed by atoms with Crippen molar-refractivity contribution >= 4 is 27.5 Å². The van der Waals surface area contributed by atoms with Crippen LogP contribution in [0.5, 0.6) is 0 Å². The van der Waals surface area contributed by atoms with E-state index >= 15 is 0 Å². The molecule has 4 heterocycles. The Morgan fingerprint density at radius 2 is 2.19 bits per heavy atom. The highest BCUT2D eigenvalue weighted by atomic mass is 32.1. The van der Waals surface area contributed by atoms with E-state index in [1.807, 2.05) is 25.6 Å². The third-order valence-corrected chi connectivity index (χ3v) is 6.36. The zero-order chi connectivity index (χ0) is 18.1. The molecule has 3 aromatic rings. The summed E-state index contributed by atoms with van der Waals surface area (Å²) in [6, 6.07) is 4.06. The van der Waals surface area contributed by atoms with Gasteiger partial charge in [0.1, 0.15) is 4.83 Å². The van der Waals surface area contributed by atoms with Crippen LogP contribution in [0.15, 0.2) is 30.9 Å². The van der Waals surface area contributed by atoms with E-state index in [4.69, 9.17) is 0 Å². The number of thiophene rings is 1. The molecule has 1 fully saturated rings. The fourth-order valence-electron chi connectivity index (χ4n) is 3.78. The number of nitrogens with zero attached hydrogens (tertiary/aromatic N) is 4. The SMILES string of the molecule is CNC(=O)c1sc2ncccc2c1C1CCN(Cc2cncn2C)CC1. The molecule has 1 N–H and O–H groups in total. The summed E-state index contributed by atoms with van der Waals surface area (Å²) in [4.78, 5) is 25.3. The predicted octanol–water partition coefficient (Wildman–Crippen LogP) is 2.77. The molecule has 1 saturated heterocycles. The van der Waals surface area contributed by atoms with Crippen molar-refractivity contribution in [3.05, 3.63) is 47.0 Å². The minimum absolute atomic E-state index is 0.000291. The summed E-state index contributed by atoms with van der Waals surface area (Å²) >= 11 is 1.51. The molecule has 6 nitrogen and oxygen atoms in total. The van der Waals surface area contributed by atoms with Gasteiger partial charge in [-0.25, -0.2) is 9.97 Å². The van der Waals surface area contributed by atoms with Crippen molar-refractivity contribution in [2.75, 3.05) is 20.1 Å². The lowest BCUT2D eigenvalue weighted by atomic mass is 9.87. The van der Waals surface area contributed by atoms with Crippen LogP contribution < -0.4 is 5.32 Å². The first-order chi connectivity index (χ1) is 12.7. The summed E-state index contributed by atoms with van der Waals surface area (Å²) in [7, 11) is 3.73. The standard InChI is InChI=1S/C19H23N5OS/c1-20-18(25)17-16(15-4-3-7-22-19(15)26-17)13-5-8-24(9-6-13)11-14-10-21-12-23(14)2/h3-4,7,10,12-13H,5-6,8-9,11H2,1-2H3,(H,20,25). The van der Waals surface area contributed by atoms with Crippen LogP contribution in [0.25, 0.3) is 10.2 Å². The number of fused-ring (bicyclic) bond motifs is 1. The first kappa shape index (κ1) is 17.2. The van der Waals surface area contributed by atoms with Crippen molar-refractivity contribution in [1.82, 2.24) is 24.8 Å². The molecule has 1 aliphatic rings. The third-order valence-electron chi connectivity index (χ3n) is 5.24. The molecule has 0 saturated carbocycles. The smallest absolute Gasteiger partial charge is 0.261 e. The Kier molecular flexibility index (Phi) is 4.74. The molecule has 0 spiro atoms. The van der Waals surface area contributed by atoms with E-state index in [2.05, 4.69) is 30.8 Å². The van der Waals surface area contributed by atoms with Gasteiger partial charge in [0.05, 0.1) is 16.9 Å². The van der Waals surface area contributed by atoms with Gasteiger partial charge in [-0.1, -0.05) is 6.07 Å². The van der Waals surface area contributed by atoms with Crippen LogP contribution in [0.1, 0.15) is 39.7 Å². The number of aromatic nitrogens is 3. The number of nitrogens with one attached hydrogen (secondary N) is 1. The molecule has 1 amide bonds.